The molecule has 1 aromatic rings. The van der Waals surface area contributed by atoms with Crippen LogP contribution >= 0.6 is 23.4 Å². The SMILES string of the molecule is CC(=O)SCC(=Cc1cc(Cl)ccc1C=O)B1OC(C)(C)C(C)(C)O1. The molecule has 0 aliphatic carbocycles. The van der Waals surface area contributed by atoms with Crippen molar-refractivity contribution in [2.24, 2.45) is 0 Å². The highest BCUT2D eigenvalue weighted by Crippen LogP contribution is 2.39. The number of aldehydes is 1. The van der Waals surface area contributed by atoms with Crippen molar-refractivity contribution >= 4 is 48.0 Å². The molecule has 1 fully saturated rings. The third-order valence-electron chi connectivity index (χ3n) is 4.51. The van der Waals surface area contributed by atoms with Gasteiger partial charge in [0, 0.05) is 23.3 Å². The van der Waals surface area contributed by atoms with Gasteiger partial charge in [0.2, 0.25) is 0 Å². The van der Waals surface area contributed by atoms with Crippen molar-refractivity contribution in [1.82, 2.24) is 0 Å². The average molecular weight is 381 g/mol. The van der Waals surface area contributed by atoms with Crippen LogP contribution in [-0.2, 0) is 14.1 Å². The molecule has 0 aromatic heterocycles. The number of hydrogen-bond acceptors (Lipinski definition) is 5. The summed E-state index contributed by atoms with van der Waals surface area (Å²) in [6.45, 7) is 9.40. The summed E-state index contributed by atoms with van der Waals surface area (Å²) in [5.41, 5.74) is 1.01. The first-order valence-electron chi connectivity index (χ1n) is 8.00. The summed E-state index contributed by atoms with van der Waals surface area (Å²) < 4.78 is 12.2. The first kappa shape index (κ1) is 20.2. The Bertz CT molecular complexity index is 699. The van der Waals surface area contributed by atoms with E-state index in [0.29, 0.717) is 21.9 Å². The van der Waals surface area contributed by atoms with Crippen molar-refractivity contribution in [3.8, 4) is 0 Å². The maximum absolute atomic E-state index is 11.4. The fraction of sp³-hybridized carbons (Fsp3) is 0.444. The normalized spacial score (nSPS) is 19.1. The first-order valence-corrected chi connectivity index (χ1v) is 9.36. The van der Waals surface area contributed by atoms with E-state index in [1.807, 2.05) is 33.8 Å². The topological polar surface area (TPSA) is 52.6 Å². The molecule has 25 heavy (non-hydrogen) atoms. The van der Waals surface area contributed by atoms with Crippen LogP contribution in [0.1, 0.15) is 50.5 Å². The van der Waals surface area contributed by atoms with E-state index in [1.165, 1.54) is 18.7 Å². The number of halogens is 1. The van der Waals surface area contributed by atoms with Crippen molar-refractivity contribution in [3.63, 3.8) is 0 Å². The number of carbonyl (C=O) groups is 2. The van der Waals surface area contributed by atoms with Gasteiger partial charge < -0.3 is 9.31 Å². The molecule has 0 unspecified atom stereocenters. The van der Waals surface area contributed by atoms with Crippen molar-refractivity contribution in [2.45, 2.75) is 45.8 Å². The van der Waals surface area contributed by atoms with Gasteiger partial charge in [-0.3, -0.25) is 9.59 Å². The second kappa shape index (κ2) is 7.66. The molecule has 0 N–H and O–H groups in total. The van der Waals surface area contributed by atoms with Crippen LogP contribution in [0.25, 0.3) is 6.08 Å². The predicted octanol–water partition coefficient (Wildman–Crippen LogP) is 4.45. The molecule has 1 heterocycles. The van der Waals surface area contributed by atoms with Gasteiger partial charge >= 0.3 is 7.12 Å². The zero-order chi connectivity index (χ0) is 18.8. The van der Waals surface area contributed by atoms with E-state index in [9.17, 15) is 9.59 Å². The number of thioether (sulfide) groups is 1. The van der Waals surface area contributed by atoms with E-state index in [1.54, 1.807) is 18.2 Å². The zero-order valence-corrected chi connectivity index (χ0v) is 16.7. The molecule has 0 spiro atoms. The zero-order valence-electron chi connectivity index (χ0n) is 15.1. The Morgan fingerprint density at radius 3 is 2.32 bits per heavy atom. The molecule has 2 rings (SSSR count). The Morgan fingerprint density at radius 1 is 1.20 bits per heavy atom. The van der Waals surface area contributed by atoms with Gasteiger partial charge in [0.1, 0.15) is 0 Å². The molecule has 1 aliphatic heterocycles. The number of carbonyl (C=O) groups excluding carboxylic acids is 2. The van der Waals surface area contributed by atoms with Gasteiger partial charge in [-0.25, -0.2) is 0 Å². The fourth-order valence-corrected chi connectivity index (χ4v) is 3.10. The van der Waals surface area contributed by atoms with Crippen LogP contribution in [-0.4, -0.2) is 35.5 Å². The summed E-state index contributed by atoms with van der Waals surface area (Å²) in [7, 11) is -0.588. The van der Waals surface area contributed by atoms with Crippen molar-refractivity contribution in [1.29, 1.82) is 0 Å². The number of hydrogen-bond donors (Lipinski definition) is 0. The monoisotopic (exact) mass is 380 g/mol. The predicted molar refractivity (Wildman–Crippen MR) is 104 cm³/mol. The highest BCUT2D eigenvalue weighted by atomic mass is 35.5. The molecule has 0 amide bonds. The average Bonchev–Trinajstić information content (AvgIpc) is 2.71. The summed E-state index contributed by atoms with van der Waals surface area (Å²) in [6, 6.07) is 5.05. The summed E-state index contributed by atoms with van der Waals surface area (Å²) in [4.78, 5) is 22.7. The number of rotatable bonds is 5. The summed E-state index contributed by atoms with van der Waals surface area (Å²) in [5.74, 6) is 0.414. The van der Waals surface area contributed by atoms with Crippen LogP contribution in [0.15, 0.2) is 23.7 Å². The van der Waals surface area contributed by atoms with E-state index < -0.39 is 18.3 Å². The summed E-state index contributed by atoms with van der Waals surface area (Å²) in [5, 5.41) is 0.536. The Morgan fingerprint density at radius 2 is 1.80 bits per heavy atom. The molecule has 4 nitrogen and oxygen atoms in total. The van der Waals surface area contributed by atoms with E-state index in [4.69, 9.17) is 20.9 Å². The lowest BCUT2D eigenvalue weighted by Crippen LogP contribution is -2.41. The Hall–Kier alpha value is -1.08. The van der Waals surface area contributed by atoms with Gasteiger partial charge in [0.25, 0.3) is 0 Å². The van der Waals surface area contributed by atoms with Crippen LogP contribution in [0.3, 0.4) is 0 Å². The maximum Gasteiger partial charge on any atom is 0.491 e. The highest BCUT2D eigenvalue weighted by molar-refractivity contribution is 8.13. The van der Waals surface area contributed by atoms with E-state index in [-0.39, 0.29) is 5.12 Å². The Kier molecular flexibility index (Phi) is 6.20. The van der Waals surface area contributed by atoms with Gasteiger partial charge in [-0.2, -0.15) is 0 Å². The molecule has 7 heteroatoms. The molecule has 1 aliphatic rings. The summed E-state index contributed by atoms with van der Waals surface area (Å²) >= 11 is 7.24. The fourth-order valence-electron chi connectivity index (χ4n) is 2.33. The molecule has 0 saturated carbocycles. The maximum atomic E-state index is 11.4. The van der Waals surface area contributed by atoms with Crippen LogP contribution in [0.2, 0.25) is 5.02 Å². The van der Waals surface area contributed by atoms with Crippen molar-refractivity contribution < 1.29 is 18.9 Å². The molecule has 0 atom stereocenters. The molecule has 134 valence electrons. The lowest BCUT2D eigenvalue weighted by atomic mass is 9.78. The van der Waals surface area contributed by atoms with Gasteiger partial charge in [0.15, 0.2) is 11.4 Å². The minimum atomic E-state index is -0.588. The minimum absolute atomic E-state index is 0.00382. The van der Waals surface area contributed by atoms with Gasteiger partial charge in [-0.15, -0.1) is 0 Å². The van der Waals surface area contributed by atoms with Gasteiger partial charge in [-0.05, 0) is 56.9 Å². The van der Waals surface area contributed by atoms with Crippen LogP contribution in [0.4, 0.5) is 0 Å². The lowest BCUT2D eigenvalue weighted by molar-refractivity contribution is -0.109. The molecule has 0 bridgehead atoms. The van der Waals surface area contributed by atoms with Gasteiger partial charge in [-0.1, -0.05) is 29.4 Å². The van der Waals surface area contributed by atoms with E-state index in [0.717, 1.165) is 11.8 Å². The first-order chi connectivity index (χ1) is 11.6. The van der Waals surface area contributed by atoms with Crippen LogP contribution < -0.4 is 0 Å². The third-order valence-corrected chi connectivity index (χ3v) is 5.63. The summed E-state index contributed by atoms with van der Waals surface area (Å²) in [6.07, 6.45) is 2.61. The van der Waals surface area contributed by atoms with E-state index >= 15 is 0 Å². The second-order valence-electron chi connectivity index (χ2n) is 6.98. The molecule has 1 saturated heterocycles. The van der Waals surface area contributed by atoms with Gasteiger partial charge in [0.05, 0.1) is 11.2 Å². The van der Waals surface area contributed by atoms with Crippen LogP contribution in [0.5, 0.6) is 0 Å². The third kappa shape index (κ3) is 4.76. The largest absolute Gasteiger partial charge is 0.491 e. The van der Waals surface area contributed by atoms with Crippen LogP contribution in [0, 0.1) is 0 Å². The minimum Gasteiger partial charge on any atom is -0.400 e. The van der Waals surface area contributed by atoms with Crippen molar-refractivity contribution in [3.05, 3.63) is 39.8 Å². The quantitative estimate of drug-likeness (QED) is 0.558. The van der Waals surface area contributed by atoms with Crippen molar-refractivity contribution in [2.75, 3.05) is 5.75 Å². The van der Waals surface area contributed by atoms with E-state index in [2.05, 4.69) is 0 Å². The Labute approximate surface area is 158 Å². The molecule has 0 radical (unpaired) electrons. The standard InChI is InChI=1S/C18H22BClO4S/c1-12(22)25-11-15(19-23-17(2,3)18(4,5)24-19)8-14-9-16(20)7-6-13(14)10-21/h6-10H,11H2,1-5H3. The molecule has 1 aromatic carbocycles. The molecular weight excluding hydrogens is 359 g/mol. The second-order valence-corrected chi connectivity index (χ2v) is 8.57. The Balaban J connectivity index is 2.42. The number of benzene rings is 1. The lowest BCUT2D eigenvalue weighted by Gasteiger charge is -2.32. The highest BCUT2D eigenvalue weighted by Gasteiger charge is 2.52. The molecular formula is C18H22BClO4S. The smallest absolute Gasteiger partial charge is 0.400 e.